The number of ether oxygens (including phenoxy) is 4. The van der Waals surface area contributed by atoms with Gasteiger partial charge in [-0.15, -0.1) is 0 Å². The number of rotatable bonds is 16. The molecule has 0 aromatic heterocycles. The van der Waals surface area contributed by atoms with Crippen LogP contribution in [0.15, 0.2) is 37.0 Å². The Morgan fingerprint density at radius 1 is 0.692 bits per heavy atom. The van der Waals surface area contributed by atoms with Crippen LogP contribution in [0.1, 0.15) is 6.42 Å². The molecule has 0 N–H and O–H groups in total. The molecule has 0 saturated heterocycles. The Bertz CT molecular complexity index is 431. The smallest absolute Gasteiger partial charge is 0.306 e. The highest BCUT2D eigenvalue weighted by molar-refractivity contribution is 7.80. The molecule has 0 saturated carbocycles. The molecule has 9 heteroatoms. The quantitative estimate of drug-likeness (QED) is 0.169. The monoisotopic (exact) mass is 440 g/mol. The van der Waals surface area contributed by atoms with Crippen LogP contribution in [-0.2, 0) is 23.7 Å². The number of hydrogen-bond acceptors (Lipinski definition) is 9. The Morgan fingerprint density at radius 3 is 1.35 bits per heavy atom. The zero-order chi connectivity index (χ0) is 20.0. The van der Waals surface area contributed by atoms with Gasteiger partial charge in [-0.05, 0) is 0 Å². The van der Waals surface area contributed by atoms with Crippen LogP contribution in [-0.4, -0.2) is 55.4 Å². The first-order valence-electron chi connectivity index (χ1n) is 7.83. The minimum absolute atomic E-state index is 0.0269. The molecule has 0 aliphatic carbocycles. The second-order valence-corrected chi connectivity index (χ2v) is 6.99. The number of carbonyl (C=O) groups excluding carboxylic acids is 1. The third-order valence-corrected chi connectivity index (χ3v) is 4.41. The summed E-state index contributed by atoms with van der Waals surface area (Å²) >= 11 is 16.4. The maximum absolute atomic E-state index is 11.8. The van der Waals surface area contributed by atoms with E-state index in [2.05, 4.69) is 70.3 Å². The zero-order valence-electron chi connectivity index (χ0n) is 14.8. The van der Waals surface area contributed by atoms with E-state index in [1.54, 1.807) is 0 Å². The molecule has 0 radical (unpaired) electrons. The Labute approximate surface area is 178 Å². The lowest BCUT2D eigenvalue weighted by molar-refractivity contribution is -0.152. The first kappa shape index (κ1) is 25.5. The van der Waals surface area contributed by atoms with Crippen LogP contribution in [0.4, 0.5) is 0 Å². The minimum atomic E-state index is -0.796. The summed E-state index contributed by atoms with van der Waals surface area (Å²) in [6.45, 7) is 11.8. The molecular weight excluding hydrogens is 412 g/mol. The second-order valence-electron chi connectivity index (χ2n) is 5.59. The summed E-state index contributed by atoms with van der Waals surface area (Å²) in [6, 6.07) is 0. The molecule has 0 aromatic carbocycles. The van der Waals surface area contributed by atoms with E-state index < -0.39 is 5.41 Å². The van der Waals surface area contributed by atoms with Crippen molar-refractivity contribution in [3.05, 3.63) is 37.0 Å². The number of thiol groups is 4. The molecule has 0 atom stereocenters. The fraction of sp³-hybridized carbons (Fsp3) is 0.588. The van der Waals surface area contributed by atoms with Gasteiger partial charge in [0.25, 0.3) is 0 Å². The molecule has 26 heavy (non-hydrogen) atoms. The molecule has 0 unspecified atom stereocenters. The van der Waals surface area contributed by atoms with Crippen molar-refractivity contribution >= 4 is 56.5 Å². The fourth-order valence-corrected chi connectivity index (χ4v) is 2.01. The third kappa shape index (κ3) is 11.3. The van der Waals surface area contributed by atoms with Gasteiger partial charge in [0.05, 0.1) is 23.7 Å². The highest BCUT2D eigenvalue weighted by Gasteiger charge is 2.36. The van der Waals surface area contributed by atoms with E-state index in [1.807, 2.05) is 0 Å². The van der Waals surface area contributed by atoms with Crippen LogP contribution in [0, 0.1) is 5.41 Å². The van der Waals surface area contributed by atoms with Gasteiger partial charge in [0.2, 0.25) is 0 Å². The number of carbonyl (C=O) groups is 1. The van der Waals surface area contributed by atoms with E-state index in [0.717, 1.165) is 0 Å². The summed E-state index contributed by atoms with van der Waals surface area (Å²) in [5.41, 5.74) is -0.796. The molecule has 0 amide bonds. The molecular formula is C17H28O5S4. The normalized spacial score (nSPS) is 10.8. The predicted molar refractivity (Wildman–Crippen MR) is 119 cm³/mol. The van der Waals surface area contributed by atoms with Crippen LogP contribution in [0.2, 0.25) is 0 Å². The summed E-state index contributed by atoms with van der Waals surface area (Å²) in [6.07, 6.45) is 0.206. The van der Waals surface area contributed by atoms with Crippen LogP contribution in [0.3, 0.4) is 0 Å². The Morgan fingerprint density at radius 2 is 1.04 bits per heavy atom. The van der Waals surface area contributed by atoms with Gasteiger partial charge in [-0.25, -0.2) is 0 Å². The Hall–Kier alpha value is -0.510. The molecule has 0 rings (SSSR count). The average molecular weight is 441 g/mol. The standard InChI is InChI=1S/C17H28O5S4/c1-13(6-24)19-9-17(10-20-14(2)7-25,11-21-15(3)8-26)12-22-16(18)4-5-23/h23-26H,1-12H2. The highest BCUT2D eigenvalue weighted by atomic mass is 32.1. The third-order valence-electron chi connectivity index (χ3n) is 3.13. The van der Waals surface area contributed by atoms with E-state index in [4.69, 9.17) is 18.9 Å². The predicted octanol–water partition coefficient (Wildman–Crippen LogP) is 3.22. The van der Waals surface area contributed by atoms with Crippen molar-refractivity contribution in [2.45, 2.75) is 6.42 Å². The molecule has 0 aromatic rings. The summed E-state index contributed by atoms with van der Waals surface area (Å²) in [7, 11) is 0. The topological polar surface area (TPSA) is 54.0 Å². The van der Waals surface area contributed by atoms with E-state index in [0.29, 0.717) is 40.3 Å². The van der Waals surface area contributed by atoms with Crippen molar-refractivity contribution in [1.29, 1.82) is 0 Å². The fourth-order valence-electron chi connectivity index (χ4n) is 1.55. The maximum Gasteiger partial charge on any atom is 0.306 e. The first-order chi connectivity index (χ1) is 12.3. The lowest BCUT2D eigenvalue weighted by Gasteiger charge is -2.33. The van der Waals surface area contributed by atoms with Crippen molar-refractivity contribution in [2.24, 2.45) is 5.41 Å². The van der Waals surface area contributed by atoms with E-state index in [9.17, 15) is 4.79 Å². The summed E-state index contributed by atoms with van der Waals surface area (Å²) in [5.74, 6) is 2.59. The SMILES string of the molecule is C=C(CS)OCC(COC(=C)CS)(COC(=C)CS)COC(=O)CCS. The van der Waals surface area contributed by atoms with Gasteiger partial charge in [-0.2, -0.15) is 50.5 Å². The van der Waals surface area contributed by atoms with Crippen LogP contribution >= 0.6 is 50.5 Å². The molecule has 0 spiro atoms. The summed E-state index contributed by atoms with van der Waals surface area (Å²) in [4.78, 5) is 11.8. The van der Waals surface area contributed by atoms with Crippen molar-refractivity contribution in [3.63, 3.8) is 0 Å². The Balaban J connectivity index is 5.26. The second kappa shape index (κ2) is 14.5. The van der Waals surface area contributed by atoms with Gasteiger partial charge < -0.3 is 18.9 Å². The zero-order valence-corrected chi connectivity index (χ0v) is 18.4. The van der Waals surface area contributed by atoms with Gasteiger partial charge in [0.15, 0.2) is 0 Å². The molecule has 0 aliphatic rings. The highest BCUT2D eigenvalue weighted by Crippen LogP contribution is 2.24. The van der Waals surface area contributed by atoms with Crippen LogP contribution < -0.4 is 0 Å². The molecule has 0 heterocycles. The summed E-state index contributed by atoms with van der Waals surface area (Å²) in [5, 5.41) is 0. The molecule has 150 valence electrons. The minimum Gasteiger partial charge on any atom is -0.497 e. The van der Waals surface area contributed by atoms with Gasteiger partial charge in [0, 0.05) is 23.0 Å². The van der Waals surface area contributed by atoms with Crippen LogP contribution in [0.5, 0.6) is 0 Å². The van der Waals surface area contributed by atoms with Crippen molar-refractivity contribution in [1.82, 2.24) is 0 Å². The van der Waals surface area contributed by atoms with E-state index in [1.165, 1.54) is 0 Å². The molecule has 0 aliphatic heterocycles. The van der Waals surface area contributed by atoms with E-state index in [-0.39, 0.29) is 38.8 Å². The van der Waals surface area contributed by atoms with Crippen molar-refractivity contribution < 1.29 is 23.7 Å². The largest absolute Gasteiger partial charge is 0.497 e. The molecule has 0 fully saturated rings. The first-order valence-corrected chi connectivity index (χ1v) is 10.4. The molecule has 5 nitrogen and oxygen atoms in total. The van der Waals surface area contributed by atoms with Gasteiger partial charge in [-0.1, -0.05) is 19.7 Å². The lowest BCUT2D eigenvalue weighted by Crippen LogP contribution is -2.42. The van der Waals surface area contributed by atoms with Crippen molar-refractivity contribution in [3.8, 4) is 0 Å². The average Bonchev–Trinajstić information content (AvgIpc) is 2.65. The van der Waals surface area contributed by atoms with E-state index >= 15 is 0 Å². The number of esters is 1. The van der Waals surface area contributed by atoms with Gasteiger partial charge in [0.1, 0.15) is 31.8 Å². The number of hydrogen-bond donors (Lipinski definition) is 4. The van der Waals surface area contributed by atoms with Crippen molar-refractivity contribution in [2.75, 3.05) is 49.4 Å². The van der Waals surface area contributed by atoms with Gasteiger partial charge >= 0.3 is 5.97 Å². The van der Waals surface area contributed by atoms with Gasteiger partial charge in [-0.3, -0.25) is 4.79 Å². The van der Waals surface area contributed by atoms with Crippen LogP contribution in [0.25, 0.3) is 0 Å². The Kier molecular flexibility index (Phi) is 14.3. The molecule has 0 bridgehead atoms. The maximum atomic E-state index is 11.8. The summed E-state index contributed by atoms with van der Waals surface area (Å²) < 4.78 is 22.3. The lowest BCUT2D eigenvalue weighted by atomic mass is 9.92.